The lowest BCUT2D eigenvalue weighted by Crippen LogP contribution is -2.35. The molecule has 0 aliphatic heterocycles. The monoisotopic (exact) mass is 242 g/mol. The number of hydrogen-bond acceptors (Lipinski definition) is 2. The molecule has 2 nitrogen and oxygen atoms in total. The molecule has 18 heavy (non-hydrogen) atoms. The summed E-state index contributed by atoms with van der Waals surface area (Å²) >= 11 is 0. The average molecular weight is 242 g/mol. The van der Waals surface area contributed by atoms with Crippen molar-refractivity contribution in [3.05, 3.63) is 29.3 Å². The second-order valence-corrected chi connectivity index (χ2v) is 5.66. The maximum atomic E-state index is 9.22. The van der Waals surface area contributed by atoms with Gasteiger partial charge in [0.1, 0.15) is 6.07 Å². The summed E-state index contributed by atoms with van der Waals surface area (Å²) in [6.45, 7) is 4.42. The topological polar surface area (TPSA) is 27.0 Å². The molecule has 96 valence electrons. The predicted molar refractivity (Wildman–Crippen MR) is 75.7 cm³/mol. The van der Waals surface area contributed by atoms with Gasteiger partial charge in [0, 0.05) is 13.1 Å². The van der Waals surface area contributed by atoms with E-state index < -0.39 is 0 Å². The molecule has 0 bridgehead atoms. The Kier molecular flexibility index (Phi) is 3.91. The lowest BCUT2D eigenvalue weighted by atomic mass is 9.86. The molecule has 0 N–H and O–H groups in total. The summed E-state index contributed by atoms with van der Waals surface area (Å²) in [4.78, 5) is 2.32. The van der Waals surface area contributed by atoms with Crippen LogP contribution in [0.1, 0.15) is 43.7 Å². The van der Waals surface area contributed by atoms with Crippen LogP contribution in [0.4, 0.5) is 5.69 Å². The van der Waals surface area contributed by atoms with Crippen LogP contribution in [0.2, 0.25) is 0 Å². The number of nitriles is 1. The molecule has 1 saturated carbocycles. The Morgan fingerprint density at radius 1 is 1.22 bits per heavy atom. The molecule has 1 aromatic rings. The van der Waals surface area contributed by atoms with Crippen LogP contribution in [0.15, 0.2) is 18.2 Å². The van der Waals surface area contributed by atoms with Crippen LogP contribution in [0, 0.1) is 24.2 Å². The zero-order valence-corrected chi connectivity index (χ0v) is 11.6. The highest BCUT2D eigenvalue weighted by Crippen LogP contribution is 2.31. The Balaban J connectivity index is 2.20. The number of hydrogen-bond donors (Lipinski definition) is 0. The predicted octanol–water partition coefficient (Wildman–Crippen LogP) is 3.88. The smallest absolute Gasteiger partial charge is 0.101 e. The molecule has 0 saturated heterocycles. The van der Waals surface area contributed by atoms with Crippen molar-refractivity contribution in [2.24, 2.45) is 5.92 Å². The SMILES string of the molecule is Cc1ccc(C#N)c(N(C)C2CCC(C)CC2)c1. The largest absolute Gasteiger partial charge is 0.371 e. The lowest BCUT2D eigenvalue weighted by Gasteiger charge is -2.35. The first kappa shape index (κ1) is 13.0. The van der Waals surface area contributed by atoms with Gasteiger partial charge in [-0.25, -0.2) is 0 Å². The molecule has 1 aliphatic rings. The third-order valence-corrected chi connectivity index (χ3v) is 4.19. The van der Waals surface area contributed by atoms with Crippen LogP contribution in [0.25, 0.3) is 0 Å². The summed E-state index contributed by atoms with van der Waals surface area (Å²) in [5.74, 6) is 0.864. The van der Waals surface area contributed by atoms with E-state index >= 15 is 0 Å². The zero-order valence-electron chi connectivity index (χ0n) is 11.6. The molecular weight excluding hydrogens is 220 g/mol. The van der Waals surface area contributed by atoms with E-state index in [-0.39, 0.29) is 0 Å². The van der Waals surface area contributed by atoms with Crippen molar-refractivity contribution in [2.45, 2.75) is 45.6 Å². The minimum absolute atomic E-state index is 0.593. The number of benzene rings is 1. The molecule has 0 heterocycles. The highest BCUT2D eigenvalue weighted by atomic mass is 15.1. The summed E-state index contributed by atoms with van der Waals surface area (Å²) < 4.78 is 0. The van der Waals surface area contributed by atoms with E-state index in [0.717, 1.165) is 17.2 Å². The second kappa shape index (κ2) is 5.44. The first-order chi connectivity index (χ1) is 8.61. The number of aryl methyl sites for hydroxylation is 1. The molecule has 0 aromatic heterocycles. The van der Waals surface area contributed by atoms with Crippen LogP contribution < -0.4 is 4.90 Å². The quantitative estimate of drug-likeness (QED) is 0.787. The van der Waals surface area contributed by atoms with Crippen LogP contribution in [0.5, 0.6) is 0 Å². The highest BCUT2D eigenvalue weighted by Gasteiger charge is 2.23. The van der Waals surface area contributed by atoms with E-state index in [2.05, 4.69) is 37.9 Å². The van der Waals surface area contributed by atoms with Crippen molar-refractivity contribution in [1.82, 2.24) is 0 Å². The normalized spacial score (nSPS) is 23.4. The van der Waals surface area contributed by atoms with Gasteiger partial charge in [-0.1, -0.05) is 13.0 Å². The average Bonchev–Trinajstić information content (AvgIpc) is 2.39. The first-order valence-electron chi connectivity index (χ1n) is 6.85. The van der Waals surface area contributed by atoms with Crippen LogP contribution in [0.3, 0.4) is 0 Å². The van der Waals surface area contributed by atoms with Crippen molar-refractivity contribution < 1.29 is 0 Å². The summed E-state index contributed by atoms with van der Waals surface area (Å²) in [6.07, 6.45) is 5.11. The molecule has 0 spiro atoms. The van der Waals surface area contributed by atoms with Gasteiger partial charge in [0.15, 0.2) is 0 Å². The Morgan fingerprint density at radius 2 is 1.89 bits per heavy atom. The summed E-state index contributed by atoms with van der Waals surface area (Å²) in [5.41, 5.74) is 3.11. The maximum Gasteiger partial charge on any atom is 0.101 e. The summed E-state index contributed by atoms with van der Waals surface area (Å²) in [7, 11) is 2.14. The third-order valence-electron chi connectivity index (χ3n) is 4.19. The van der Waals surface area contributed by atoms with E-state index in [4.69, 9.17) is 0 Å². The van der Waals surface area contributed by atoms with Gasteiger partial charge in [-0.2, -0.15) is 5.26 Å². The van der Waals surface area contributed by atoms with Crippen LogP contribution in [-0.2, 0) is 0 Å². The summed E-state index contributed by atoms with van der Waals surface area (Å²) in [5, 5.41) is 9.22. The van der Waals surface area contributed by atoms with Crippen LogP contribution >= 0.6 is 0 Å². The minimum atomic E-state index is 0.593. The third kappa shape index (κ3) is 2.67. The molecule has 2 heteroatoms. The minimum Gasteiger partial charge on any atom is -0.371 e. The van der Waals surface area contributed by atoms with Crippen LogP contribution in [-0.4, -0.2) is 13.1 Å². The molecule has 1 aliphatic carbocycles. The molecule has 1 aromatic carbocycles. The van der Waals surface area contributed by atoms with Crippen molar-refractivity contribution >= 4 is 5.69 Å². The van der Waals surface area contributed by atoms with Gasteiger partial charge in [0.05, 0.1) is 11.3 Å². The van der Waals surface area contributed by atoms with Gasteiger partial charge in [0.25, 0.3) is 0 Å². The fourth-order valence-corrected chi connectivity index (χ4v) is 2.85. The lowest BCUT2D eigenvalue weighted by molar-refractivity contribution is 0.340. The van der Waals surface area contributed by atoms with Gasteiger partial charge in [-0.3, -0.25) is 0 Å². The van der Waals surface area contributed by atoms with Gasteiger partial charge in [-0.05, 0) is 56.2 Å². The molecule has 0 unspecified atom stereocenters. The van der Waals surface area contributed by atoms with E-state index in [9.17, 15) is 5.26 Å². The Morgan fingerprint density at radius 3 is 2.50 bits per heavy atom. The molecule has 0 radical (unpaired) electrons. The van der Waals surface area contributed by atoms with Gasteiger partial charge < -0.3 is 4.90 Å². The van der Waals surface area contributed by atoms with E-state index in [1.807, 2.05) is 12.1 Å². The molecule has 2 rings (SSSR count). The standard InChI is InChI=1S/C16H22N2/c1-12-5-8-15(9-6-12)18(3)16-10-13(2)4-7-14(16)11-17/h4,7,10,12,15H,5-6,8-9H2,1-3H3. The number of rotatable bonds is 2. The van der Waals surface area contributed by atoms with Gasteiger partial charge in [0.2, 0.25) is 0 Å². The molecular formula is C16H22N2. The maximum absolute atomic E-state index is 9.22. The van der Waals surface area contributed by atoms with E-state index in [0.29, 0.717) is 6.04 Å². The zero-order chi connectivity index (χ0) is 13.1. The van der Waals surface area contributed by atoms with Crippen molar-refractivity contribution in [1.29, 1.82) is 5.26 Å². The number of nitrogens with zero attached hydrogens (tertiary/aromatic N) is 2. The highest BCUT2D eigenvalue weighted by molar-refractivity contribution is 5.60. The van der Waals surface area contributed by atoms with Gasteiger partial charge >= 0.3 is 0 Å². The number of anilines is 1. The molecule has 1 fully saturated rings. The second-order valence-electron chi connectivity index (χ2n) is 5.66. The molecule has 0 atom stereocenters. The first-order valence-corrected chi connectivity index (χ1v) is 6.85. The van der Waals surface area contributed by atoms with Crippen molar-refractivity contribution in [2.75, 3.05) is 11.9 Å². The Hall–Kier alpha value is -1.49. The summed E-state index contributed by atoms with van der Waals surface area (Å²) in [6, 6.07) is 8.99. The Bertz CT molecular complexity index is 451. The Labute approximate surface area is 110 Å². The van der Waals surface area contributed by atoms with E-state index in [1.165, 1.54) is 31.2 Å². The fourth-order valence-electron chi connectivity index (χ4n) is 2.85. The fraction of sp³-hybridized carbons (Fsp3) is 0.562. The molecule has 0 amide bonds. The van der Waals surface area contributed by atoms with Crippen molar-refractivity contribution in [3.8, 4) is 6.07 Å². The van der Waals surface area contributed by atoms with E-state index in [1.54, 1.807) is 0 Å². The van der Waals surface area contributed by atoms with Gasteiger partial charge in [-0.15, -0.1) is 0 Å². The van der Waals surface area contributed by atoms with Crippen molar-refractivity contribution in [3.63, 3.8) is 0 Å².